The Kier molecular flexibility index (Phi) is 7.29. The average molecular weight is 506 g/mol. The molecule has 0 aliphatic carbocycles. The van der Waals surface area contributed by atoms with Crippen LogP contribution < -0.4 is 0 Å². The number of aromatic carboxylic acids is 1. The van der Waals surface area contributed by atoms with Gasteiger partial charge in [0.05, 0.1) is 15.4 Å². The van der Waals surface area contributed by atoms with Gasteiger partial charge in [0.15, 0.2) is 0 Å². The third-order valence-corrected chi connectivity index (χ3v) is 6.46. The second kappa shape index (κ2) is 10.5. The van der Waals surface area contributed by atoms with Crippen LogP contribution in [0.15, 0.2) is 94.7 Å². The number of carboxylic acids is 1. The molecule has 0 bridgehead atoms. The van der Waals surface area contributed by atoms with Crippen LogP contribution in [0.5, 0.6) is 0 Å². The summed E-state index contributed by atoms with van der Waals surface area (Å²) >= 11 is 7.16. The van der Waals surface area contributed by atoms with Gasteiger partial charge in [0.2, 0.25) is 0 Å². The number of benzene rings is 4. The zero-order valence-electron chi connectivity index (χ0n) is 18.0. The number of carbonyl (C=O) groups is 1. The molecule has 0 saturated heterocycles. The van der Waals surface area contributed by atoms with Crippen molar-refractivity contribution < 1.29 is 19.2 Å². The quantitative estimate of drug-likeness (QED) is 0.156. The smallest absolute Gasteiger partial charge is 0.336 e. The lowest BCUT2D eigenvalue weighted by atomic mass is 9.98. The topological polar surface area (TPSA) is 80.4 Å². The lowest BCUT2D eigenvalue weighted by Crippen LogP contribution is -1.99. The van der Waals surface area contributed by atoms with Gasteiger partial charge < -0.3 is 5.11 Å². The van der Waals surface area contributed by atoms with Crippen molar-refractivity contribution in [3.8, 4) is 11.1 Å². The molecule has 4 rings (SSSR count). The molecule has 0 unspecified atom stereocenters. The normalized spacial score (nSPS) is 11.0. The summed E-state index contributed by atoms with van der Waals surface area (Å²) in [4.78, 5) is 24.3. The largest absolute Gasteiger partial charge is 0.478 e. The molecule has 4 aromatic carbocycles. The molecule has 5 nitrogen and oxygen atoms in total. The minimum Gasteiger partial charge on any atom is -0.478 e. The van der Waals surface area contributed by atoms with Crippen LogP contribution in [-0.2, 0) is 0 Å². The van der Waals surface area contributed by atoms with Crippen molar-refractivity contribution in [2.75, 3.05) is 0 Å². The molecule has 35 heavy (non-hydrogen) atoms. The van der Waals surface area contributed by atoms with Gasteiger partial charge in [-0.3, -0.25) is 10.1 Å². The van der Waals surface area contributed by atoms with E-state index in [1.54, 1.807) is 72.8 Å². The average Bonchev–Trinajstić information content (AvgIpc) is 2.85. The van der Waals surface area contributed by atoms with Gasteiger partial charge in [-0.05, 0) is 76.9 Å². The molecule has 1 N–H and O–H groups in total. The van der Waals surface area contributed by atoms with Gasteiger partial charge in [0.1, 0.15) is 5.82 Å². The molecule has 0 radical (unpaired) electrons. The first-order chi connectivity index (χ1) is 16.8. The van der Waals surface area contributed by atoms with Crippen molar-refractivity contribution in [1.82, 2.24) is 0 Å². The van der Waals surface area contributed by atoms with E-state index in [4.69, 9.17) is 11.6 Å². The van der Waals surface area contributed by atoms with E-state index in [0.29, 0.717) is 21.0 Å². The minimum atomic E-state index is -1.10. The Morgan fingerprint density at radius 1 is 0.914 bits per heavy atom. The van der Waals surface area contributed by atoms with Crippen molar-refractivity contribution in [1.29, 1.82) is 0 Å². The molecule has 174 valence electrons. The molecule has 0 heterocycles. The summed E-state index contributed by atoms with van der Waals surface area (Å²) in [5, 5.41) is 21.9. The number of rotatable bonds is 7. The molecule has 0 atom stereocenters. The third kappa shape index (κ3) is 5.95. The van der Waals surface area contributed by atoms with Crippen LogP contribution in [-0.4, -0.2) is 16.0 Å². The highest BCUT2D eigenvalue weighted by Crippen LogP contribution is 2.36. The maximum atomic E-state index is 13.3. The zero-order chi connectivity index (χ0) is 24.9. The maximum Gasteiger partial charge on any atom is 0.336 e. The minimum absolute atomic E-state index is 0.0642. The molecular weight excluding hydrogens is 489 g/mol. The predicted octanol–water partition coefficient (Wildman–Crippen LogP) is 8.07. The highest BCUT2D eigenvalue weighted by Gasteiger charge is 2.16. The van der Waals surface area contributed by atoms with E-state index in [-0.39, 0.29) is 17.1 Å². The van der Waals surface area contributed by atoms with Crippen molar-refractivity contribution in [3.05, 3.63) is 123 Å². The standard InChI is InChI=1S/C27H17ClFNO4S/c28-21-7-11-23(12-8-21)35-26-14-2-17(15-25(26)30(33)34)1-3-20-16-19(6-13-24(20)27(31)32)18-4-9-22(29)10-5-18/h1-16H,(H,31,32)/b3-1+. The Labute approximate surface area is 209 Å². The molecule has 4 aromatic rings. The van der Waals surface area contributed by atoms with E-state index in [9.17, 15) is 24.4 Å². The Hall–Kier alpha value is -3.94. The van der Waals surface area contributed by atoms with E-state index in [2.05, 4.69) is 0 Å². The van der Waals surface area contributed by atoms with Crippen molar-refractivity contribution in [3.63, 3.8) is 0 Å². The SMILES string of the molecule is O=C(O)c1ccc(-c2ccc(F)cc2)cc1/C=C/c1ccc(Sc2ccc(Cl)cc2)c([N+](=O)[O-])c1. The van der Waals surface area contributed by atoms with Crippen LogP contribution in [0.25, 0.3) is 23.3 Å². The fourth-order valence-electron chi connectivity index (χ4n) is 3.40. The number of nitro groups is 1. The summed E-state index contributed by atoms with van der Waals surface area (Å²) in [6.07, 6.45) is 3.22. The molecule has 0 saturated carbocycles. The summed E-state index contributed by atoms with van der Waals surface area (Å²) in [6.45, 7) is 0. The Balaban J connectivity index is 1.66. The van der Waals surface area contributed by atoms with E-state index >= 15 is 0 Å². The van der Waals surface area contributed by atoms with Gasteiger partial charge in [-0.2, -0.15) is 0 Å². The third-order valence-electron chi connectivity index (χ3n) is 5.14. The van der Waals surface area contributed by atoms with E-state index in [1.807, 2.05) is 0 Å². The first-order valence-electron chi connectivity index (χ1n) is 10.3. The summed E-state index contributed by atoms with van der Waals surface area (Å²) in [6, 6.07) is 22.5. The number of hydrogen-bond donors (Lipinski definition) is 1. The summed E-state index contributed by atoms with van der Waals surface area (Å²) in [5.41, 5.74) is 2.43. The van der Waals surface area contributed by atoms with Gasteiger partial charge >= 0.3 is 5.97 Å². The molecule has 0 spiro atoms. The predicted molar refractivity (Wildman–Crippen MR) is 136 cm³/mol. The fraction of sp³-hybridized carbons (Fsp3) is 0. The summed E-state index contributed by atoms with van der Waals surface area (Å²) in [7, 11) is 0. The Morgan fingerprint density at radius 2 is 1.60 bits per heavy atom. The summed E-state index contributed by atoms with van der Waals surface area (Å²) in [5.74, 6) is -1.47. The Morgan fingerprint density at radius 3 is 2.26 bits per heavy atom. The molecule has 0 aliphatic heterocycles. The molecular formula is C27H17ClFNO4S. The van der Waals surface area contributed by atoms with Crippen LogP contribution in [0, 0.1) is 15.9 Å². The number of nitro benzene ring substituents is 1. The zero-order valence-corrected chi connectivity index (χ0v) is 19.6. The second-order valence-electron chi connectivity index (χ2n) is 7.49. The van der Waals surface area contributed by atoms with E-state index in [1.165, 1.54) is 36.0 Å². The first-order valence-corrected chi connectivity index (χ1v) is 11.5. The van der Waals surface area contributed by atoms with Crippen molar-refractivity contribution in [2.24, 2.45) is 0 Å². The van der Waals surface area contributed by atoms with E-state index in [0.717, 1.165) is 16.0 Å². The maximum absolute atomic E-state index is 13.3. The number of halogens is 2. The first kappa shape index (κ1) is 24.2. The van der Waals surface area contributed by atoms with Crippen molar-refractivity contribution in [2.45, 2.75) is 9.79 Å². The monoisotopic (exact) mass is 505 g/mol. The number of nitrogens with zero attached hydrogens (tertiary/aromatic N) is 1. The molecule has 0 aliphatic rings. The second-order valence-corrected chi connectivity index (χ2v) is 9.04. The lowest BCUT2D eigenvalue weighted by molar-refractivity contribution is -0.387. The Bertz CT molecular complexity index is 1440. The van der Waals surface area contributed by atoms with Crippen LogP contribution in [0.3, 0.4) is 0 Å². The van der Waals surface area contributed by atoms with Gasteiger partial charge in [0.25, 0.3) is 5.69 Å². The van der Waals surface area contributed by atoms with Crippen LogP contribution in [0.2, 0.25) is 5.02 Å². The molecule has 8 heteroatoms. The molecule has 0 aromatic heterocycles. The van der Waals surface area contributed by atoms with Crippen LogP contribution in [0.4, 0.5) is 10.1 Å². The highest BCUT2D eigenvalue weighted by molar-refractivity contribution is 7.99. The van der Waals surface area contributed by atoms with Gasteiger partial charge in [-0.1, -0.05) is 59.8 Å². The summed E-state index contributed by atoms with van der Waals surface area (Å²) < 4.78 is 13.3. The van der Waals surface area contributed by atoms with Gasteiger partial charge in [-0.15, -0.1) is 0 Å². The van der Waals surface area contributed by atoms with Crippen LogP contribution >= 0.6 is 23.4 Å². The molecule has 0 amide bonds. The van der Waals surface area contributed by atoms with Crippen molar-refractivity contribution >= 4 is 47.2 Å². The highest BCUT2D eigenvalue weighted by atomic mass is 35.5. The van der Waals surface area contributed by atoms with Gasteiger partial charge in [-0.25, -0.2) is 9.18 Å². The lowest BCUT2D eigenvalue weighted by Gasteiger charge is -2.07. The van der Waals surface area contributed by atoms with Gasteiger partial charge in [0, 0.05) is 16.0 Å². The molecule has 0 fully saturated rings. The fourth-order valence-corrected chi connectivity index (χ4v) is 4.43. The van der Waals surface area contributed by atoms with Crippen LogP contribution in [0.1, 0.15) is 21.5 Å². The van der Waals surface area contributed by atoms with E-state index < -0.39 is 10.9 Å². The number of carboxylic acid groups (broad SMARTS) is 1. The number of hydrogen-bond acceptors (Lipinski definition) is 4.